The largest absolute Gasteiger partial charge is 0.351 e. The lowest BCUT2D eigenvalue weighted by atomic mass is 10.2. The van der Waals surface area contributed by atoms with E-state index in [9.17, 15) is 13.2 Å². The van der Waals surface area contributed by atoms with E-state index in [0.29, 0.717) is 11.3 Å². The first kappa shape index (κ1) is 11.7. The number of nitrogens with zero attached hydrogens (tertiary/aromatic N) is 1. The molecule has 1 amide bonds. The van der Waals surface area contributed by atoms with Crippen LogP contribution in [0.4, 0.5) is 0 Å². The van der Waals surface area contributed by atoms with E-state index in [1.807, 2.05) is 0 Å². The smallest absolute Gasteiger partial charge is 0.254 e. The zero-order valence-corrected chi connectivity index (χ0v) is 8.97. The molecule has 0 aliphatic carbocycles. The van der Waals surface area contributed by atoms with Crippen LogP contribution in [0.1, 0.15) is 16.1 Å². The zero-order valence-electron chi connectivity index (χ0n) is 8.15. The number of nitrogens with two attached hydrogens (primary N) is 1. The van der Waals surface area contributed by atoms with Gasteiger partial charge in [-0.2, -0.15) is 5.10 Å². The third kappa shape index (κ3) is 3.68. The molecule has 0 bridgehead atoms. The fraction of sp³-hybridized carbons (Fsp3) is 0.429. The van der Waals surface area contributed by atoms with Gasteiger partial charge in [0, 0.05) is 12.2 Å². The second-order valence-electron chi connectivity index (χ2n) is 3.03. The van der Waals surface area contributed by atoms with Gasteiger partial charge in [-0.1, -0.05) is 0 Å². The van der Waals surface area contributed by atoms with E-state index in [4.69, 9.17) is 5.14 Å². The number of carbonyl (C=O) groups excluding carboxylic acids is 1. The second kappa shape index (κ2) is 4.41. The van der Waals surface area contributed by atoms with Crippen LogP contribution in [-0.4, -0.2) is 36.8 Å². The normalized spacial score (nSPS) is 11.3. The van der Waals surface area contributed by atoms with Gasteiger partial charge in [0.1, 0.15) is 0 Å². The zero-order chi connectivity index (χ0) is 11.5. The van der Waals surface area contributed by atoms with Crippen LogP contribution in [-0.2, 0) is 10.0 Å². The lowest BCUT2D eigenvalue weighted by Crippen LogP contribution is -2.31. The maximum absolute atomic E-state index is 11.4. The predicted molar refractivity (Wildman–Crippen MR) is 53.6 cm³/mol. The number of amides is 1. The van der Waals surface area contributed by atoms with Gasteiger partial charge in [0.25, 0.3) is 5.91 Å². The molecule has 0 aliphatic rings. The summed E-state index contributed by atoms with van der Waals surface area (Å²) in [5.74, 6) is -0.653. The first-order valence-corrected chi connectivity index (χ1v) is 5.90. The van der Waals surface area contributed by atoms with Crippen LogP contribution in [0.5, 0.6) is 0 Å². The molecule has 84 valence electrons. The quantitative estimate of drug-likeness (QED) is 0.600. The number of H-pyrrole nitrogens is 1. The van der Waals surface area contributed by atoms with E-state index < -0.39 is 10.0 Å². The number of aromatic amines is 1. The summed E-state index contributed by atoms with van der Waals surface area (Å²) < 4.78 is 21.1. The van der Waals surface area contributed by atoms with Gasteiger partial charge in [0.2, 0.25) is 10.0 Å². The van der Waals surface area contributed by atoms with Crippen molar-refractivity contribution in [2.45, 2.75) is 6.92 Å². The van der Waals surface area contributed by atoms with Crippen molar-refractivity contribution in [3.63, 3.8) is 0 Å². The van der Waals surface area contributed by atoms with Gasteiger partial charge in [-0.25, -0.2) is 13.6 Å². The molecule has 1 aromatic heterocycles. The summed E-state index contributed by atoms with van der Waals surface area (Å²) in [5.41, 5.74) is 1.02. The number of carbonyl (C=O) groups is 1. The molecule has 4 N–H and O–H groups in total. The molecule has 0 saturated carbocycles. The van der Waals surface area contributed by atoms with E-state index in [-0.39, 0.29) is 18.2 Å². The summed E-state index contributed by atoms with van der Waals surface area (Å²) in [5, 5.41) is 13.5. The van der Waals surface area contributed by atoms with Crippen molar-refractivity contribution in [2.24, 2.45) is 5.14 Å². The van der Waals surface area contributed by atoms with Crippen molar-refractivity contribution >= 4 is 15.9 Å². The van der Waals surface area contributed by atoms with Crippen molar-refractivity contribution in [3.05, 3.63) is 17.5 Å². The summed E-state index contributed by atoms with van der Waals surface area (Å²) in [7, 11) is -3.54. The van der Waals surface area contributed by atoms with E-state index in [1.54, 1.807) is 6.92 Å². The summed E-state index contributed by atoms with van der Waals surface area (Å²) in [4.78, 5) is 11.4. The standard InChI is InChI=1S/C7H12N4O3S/c1-5-6(4-10-11-5)7(12)9-2-3-15(8,13)14/h4H,2-3H2,1H3,(H,9,12)(H,10,11)(H2,8,13,14). The van der Waals surface area contributed by atoms with Gasteiger partial charge >= 0.3 is 0 Å². The molecule has 8 heteroatoms. The van der Waals surface area contributed by atoms with E-state index in [2.05, 4.69) is 15.5 Å². The monoisotopic (exact) mass is 232 g/mol. The number of sulfonamides is 1. The van der Waals surface area contributed by atoms with Crippen LogP contribution < -0.4 is 10.5 Å². The molecule has 0 aromatic carbocycles. The molecule has 0 aliphatic heterocycles. The fourth-order valence-electron chi connectivity index (χ4n) is 0.982. The average Bonchev–Trinajstić information content (AvgIpc) is 2.48. The van der Waals surface area contributed by atoms with Crippen molar-refractivity contribution in [1.29, 1.82) is 0 Å². The maximum atomic E-state index is 11.4. The van der Waals surface area contributed by atoms with Gasteiger partial charge in [-0.15, -0.1) is 0 Å². The molecule has 0 radical (unpaired) electrons. The Morgan fingerprint density at radius 2 is 2.33 bits per heavy atom. The number of nitrogens with one attached hydrogen (secondary N) is 2. The Bertz CT molecular complexity index is 451. The molecule has 1 aromatic rings. The number of rotatable bonds is 4. The first-order valence-electron chi connectivity index (χ1n) is 4.19. The van der Waals surface area contributed by atoms with E-state index in [0.717, 1.165) is 0 Å². The fourth-order valence-corrected chi connectivity index (χ4v) is 1.37. The third-order valence-electron chi connectivity index (χ3n) is 1.75. The summed E-state index contributed by atoms with van der Waals surface area (Å²) >= 11 is 0. The molecule has 7 nitrogen and oxygen atoms in total. The molecule has 0 atom stereocenters. The van der Waals surface area contributed by atoms with Crippen molar-refractivity contribution in [2.75, 3.05) is 12.3 Å². The molecular formula is C7H12N4O3S. The van der Waals surface area contributed by atoms with Crippen molar-refractivity contribution in [3.8, 4) is 0 Å². The van der Waals surface area contributed by atoms with Gasteiger partial charge in [-0.05, 0) is 6.92 Å². The minimum absolute atomic E-state index is 0.0116. The van der Waals surface area contributed by atoms with Crippen LogP contribution in [0, 0.1) is 6.92 Å². The second-order valence-corrected chi connectivity index (χ2v) is 4.77. The molecule has 1 heterocycles. The van der Waals surface area contributed by atoms with Gasteiger partial charge in [0.15, 0.2) is 0 Å². The Morgan fingerprint density at radius 1 is 1.67 bits per heavy atom. The topological polar surface area (TPSA) is 118 Å². The first-order chi connectivity index (χ1) is 6.90. The van der Waals surface area contributed by atoms with Crippen LogP contribution >= 0.6 is 0 Å². The molecule has 0 spiro atoms. The summed E-state index contributed by atoms with van der Waals surface area (Å²) in [6, 6.07) is 0. The molecular weight excluding hydrogens is 220 g/mol. The Hall–Kier alpha value is -1.41. The molecule has 0 fully saturated rings. The van der Waals surface area contributed by atoms with Crippen LogP contribution in [0.25, 0.3) is 0 Å². The lowest BCUT2D eigenvalue weighted by Gasteiger charge is -2.02. The Kier molecular flexibility index (Phi) is 3.43. The van der Waals surface area contributed by atoms with Crippen LogP contribution in [0.3, 0.4) is 0 Å². The third-order valence-corrected chi connectivity index (χ3v) is 2.52. The van der Waals surface area contributed by atoms with Gasteiger partial charge < -0.3 is 5.32 Å². The lowest BCUT2D eigenvalue weighted by molar-refractivity contribution is 0.0955. The van der Waals surface area contributed by atoms with E-state index in [1.165, 1.54) is 6.20 Å². The number of aromatic nitrogens is 2. The highest BCUT2D eigenvalue weighted by atomic mass is 32.2. The minimum atomic E-state index is -3.54. The highest BCUT2D eigenvalue weighted by Gasteiger charge is 2.11. The van der Waals surface area contributed by atoms with Crippen LogP contribution in [0.15, 0.2) is 6.20 Å². The van der Waals surface area contributed by atoms with E-state index >= 15 is 0 Å². The molecule has 1 rings (SSSR count). The highest BCUT2D eigenvalue weighted by molar-refractivity contribution is 7.89. The minimum Gasteiger partial charge on any atom is -0.351 e. The van der Waals surface area contributed by atoms with Crippen LogP contribution in [0.2, 0.25) is 0 Å². The average molecular weight is 232 g/mol. The number of hydrogen-bond donors (Lipinski definition) is 3. The van der Waals surface area contributed by atoms with Gasteiger partial charge in [-0.3, -0.25) is 9.89 Å². The molecule has 0 unspecified atom stereocenters. The Labute approximate surface area is 87.1 Å². The Balaban J connectivity index is 2.48. The highest BCUT2D eigenvalue weighted by Crippen LogP contribution is 2.01. The number of primary sulfonamides is 1. The number of aryl methyl sites for hydroxylation is 1. The summed E-state index contributed by atoms with van der Waals surface area (Å²) in [6.07, 6.45) is 1.38. The molecule has 0 saturated heterocycles. The Morgan fingerprint density at radius 3 is 2.80 bits per heavy atom. The maximum Gasteiger partial charge on any atom is 0.254 e. The van der Waals surface area contributed by atoms with Crippen molar-refractivity contribution in [1.82, 2.24) is 15.5 Å². The predicted octanol–water partition coefficient (Wildman–Crippen LogP) is -1.26. The van der Waals surface area contributed by atoms with Gasteiger partial charge in [0.05, 0.1) is 17.5 Å². The number of hydrogen-bond acceptors (Lipinski definition) is 4. The van der Waals surface area contributed by atoms with Crippen molar-refractivity contribution < 1.29 is 13.2 Å². The molecule has 15 heavy (non-hydrogen) atoms. The SMILES string of the molecule is Cc1[nH]ncc1C(=O)NCCS(N)(=O)=O. The summed E-state index contributed by atoms with van der Waals surface area (Å²) in [6.45, 7) is 1.68.